The molecule has 0 spiro atoms. The maximum atomic E-state index is 12.3. The van der Waals surface area contributed by atoms with Crippen molar-refractivity contribution in [2.24, 2.45) is 0 Å². The van der Waals surface area contributed by atoms with Gasteiger partial charge in [-0.3, -0.25) is 0 Å². The average molecular weight is 454 g/mol. The highest BCUT2D eigenvalue weighted by Crippen LogP contribution is 2.23. The quantitative estimate of drug-likeness (QED) is 0.695. The first-order valence-electron chi connectivity index (χ1n) is 8.60. The number of nitrogens with one attached hydrogen (secondary N) is 1. The number of ether oxygens (including phenoxy) is 1. The summed E-state index contributed by atoms with van der Waals surface area (Å²) in [4.78, 5) is 29.7. The van der Waals surface area contributed by atoms with E-state index in [1.807, 2.05) is 30.3 Å². The van der Waals surface area contributed by atoms with Gasteiger partial charge in [-0.25, -0.2) is 14.6 Å². The van der Waals surface area contributed by atoms with Crippen molar-refractivity contribution in [1.29, 1.82) is 0 Å². The van der Waals surface area contributed by atoms with Gasteiger partial charge in [-0.15, -0.1) is 0 Å². The molecule has 1 aromatic heterocycles. The van der Waals surface area contributed by atoms with Crippen LogP contribution in [-0.4, -0.2) is 46.2 Å². The lowest BCUT2D eigenvalue weighted by Crippen LogP contribution is -2.48. The van der Waals surface area contributed by atoms with Gasteiger partial charge < -0.3 is 20.1 Å². The predicted octanol–water partition coefficient (Wildman–Crippen LogP) is 3.49. The number of likely N-dealkylation sites (tertiary alicyclic amines) is 1. The average Bonchev–Trinajstić information content (AvgIpc) is 3.06. The Kier molecular flexibility index (Phi) is 6.81. The van der Waals surface area contributed by atoms with Gasteiger partial charge in [0.05, 0.1) is 5.69 Å². The molecule has 144 valence electrons. The van der Waals surface area contributed by atoms with Gasteiger partial charge in [0.15, 0.2) is 3.92 Å². The monoisotopic (exact) mass is 453 g/mol. The van der Waals surface area contributed by atoms with E-state index in [4.69, 9.17) is 4.74 Å². The van der Waals surface area contributed by atoms with Gasteiger partial charge in [-0.05, 0) is 34.3 Å². The zero-order chi connectivity index (χ0) is 19.2. The molecule has 1 aromatic carbocycles. The number of aromatic carboxylic acids is 1. The Labute approximate surface area is 169 Å². The van der Waals surface area contributed by atoms with Crippen LogP contribution in [0.3, 0.4) is 0 Å². The molecule has 0 unspecified atom stereocenters. The van der Waals surface area contributed by atoms with Gasteiger partial charge in [0.2, 0.25) is 0 Å². The summed E-state index contributed by atoms with van der Waals surface area (Å²) in [5.74, 6) is -0.982. The molecule has 1 amide bonds. The van der Waals surface area contributed by atoms with E-state index in [9.17, 15) is 14.7 Å². The molecular weight excluding hydrogens is 434 g/mol. The van der Waals surface area contributed by atoms with Crippen LogP contribution in [0.1, 0.15) is 33.8 Å². The molecule has 2 N–H and O–H groups in total. The Balaban J connectivity index is 1.50. The fourth-order valence-electron chi connectivity index (χ4n) is 2.97. The second-order valence-corrected chi connectivity index (χ2v) is 8.53. The van der Waals surface area contributed by atoms with Crippen LogP contribution in [0.2, 0.25) is 0 Å². The fourth-order valence-corrected chi connectivity index (χ4v) is 4.32. The summed E-state index contributed by atoms with van der Waals surface area (Å²) in [6, 6.07) is 9.64. The number of halogens is 1. The number of hydrogen-bond acceptors (Lipinski definition) is 6. The summed E-state index contributed by atoms with van der Waals surface area (Å²) in [5.41, 5.74) is 1.45. The highest BCUT2D eigenvalue weighted by atomic mass is 79.9. The molecule has 2 heterocycles. The molecule has 0 aliphatic carbocycles. The number of carboxylic acids is 1. The van der Waals surface area contributed by atoms with E-state index in [1.165, 1.54) is 0 Å². The summed E-state index contributed by atoms with van der Waals surface area (Å²) < 4.78 is 5.94. The Hall–Kier alpha value is -1.97. The van der Waals surface area contributed by atoms with E-state index in [2.05, 4.69) is 26.2 Å². The molecule has 1 atom stereocenters. The standard InChI is InChI=1S/C18H20BrN3O4S/c19-17-21-14(15(27-17)16(23)24)9-20-13-7-4-8-22(10-13)18(25)26-11-12-5-2-1-3-6-12/h1-3,5-6,13,20H,4,7-11H2,(H,23,24)/t13-/m0/s1. The van der Waals surface area contributed by atoms with E-state index < -0.39 is 5.97 Å². The zero-order valence-electron chi connectivity index (χ0n) is 14.6. The molecule has 1 fully saturated rings. The number of benzene rings is 1. The van der Waals surface area contributed by atoms with E-state index >= 15 is 0 Å². The summed E-state index contributed by atoms with van der Waals surface area (Å²) in [7, 11) is 0. The largest absolute Gasteiger partial charge is 0.477 e. The summed E-state index contributed by atoms with van der Waals surface area (Å²) in [6.07, 6.45) is 1.45. The van der Waals surface area contributed by atoms with Gasteiger partial charge in [-0.1, -0.05) is 41.7 Å². The molecule has 0 bridgehead atoms. The molecule has 27 heavy (non-hydrogen) atoms. The number of nitrogens with zero attached hydrogens (tertiary/aromatic N) is 2. The van der Waals surface area contributed by atoms with Crippen LogP contribution >= 0.6 is 27.3 Å². The zero-order valence-corrected chi connectivity index (χ0v) is 17.0. The minimum absolute atomic E-state index is 0.0742. The number of amides is 1. The van der Waals surface area contributed by atoms with Crippen molar-refractivity contribution in [3.05, 3.63) is 50.4 Å². The first-order valence-corrected chi connectivity index (χ1v) is 10.2. The van der Waals surface area contributed by atoms with Gasteiger partial charge in [0.25, 0.3) is 0 Å². The number of piperidine rings is 1. The SMILES string of the molecule is O=C(O)c1sc(Br)nc1CN[C@H]1CCCN(C(=O)OCc2ccccc2)C1. The normalized spacial score (nSPS) is 16.9. The third kappa shape index (κ3) is 5.50. The number of hydrogen-bond donors (Lipinski definition) is 2. The number of rotatable bonds is 6. The maximum Gasteiger partial charge on any atom is 0.410 e. The molecule has 1 saturated heterocycles. The van der Waals surface area contributed by atoms with Crippen molar-refractivity contribution in [1.82, 2.24) is 15.2 Å². The lowest BCUT2D eigenvalue weighted by molar-refractivity contribution is 0.0700. The molecule has 3 rings (SSSR count). The summed E-state index contributed by atoms with van der Waals surface area (Å²) >= 11 is 4.33. The van der Waals surface area contributed by atoms with Gasteiger partial charge in [0.1, 0.15) is 11.5 Å². The molecule has 0 radical (unpaired) electrons. The number of carbonyl (C=O) groups is 2. The third-order valence-electron chi connectivity index (χ3n) is 4.31. The van der Waals surface area contributed by atoms with Crippen molar-refractivity contribution < 1.29 is 19.4 Å². The number of aromatic nitrogens is 1. The van der Waals surface area contributed by atoms with Crippen LogP contribution in [-0.2, 0) is 17.9 Å². The Morgan fingerprint density at radius 3 is 2.89 bits per heavy atom. The highest BCUT2D eigenvalue weighted by Gasteiger charge is 2.25. The predicted molar refractivity (Wildman–Crippen MR) is 105 cm³/mol. The van der Waals surface area contributed by atoms with Crippen LogP contribution in [0.15, 0.2) is 34.2 Å². The van der Waals surface area contributed by atoms with Crippen molar-refractivity contribution in [2.45, 2.75) is 32.0 Å². The van der Waals surface area contributed by atoms with E-state index in [-0.39, 0.29) is 23.6 Å². The van der Waals surface area contributed by atoms with Crippen LogP contribution in [0.5, 0.6) is 0 Å². The highest BCUT2D eigenvalue weighted by molar-refractivity contribution is 9.11. The second kappa shape index (κ2) is 9.29. The number of carbonyl (C=O) groups excluding carboxylic acids is 1. The minimum Gasteiger partial charge on any atom is -0.477 e. The molecule has 1 aliphatic heterocycles. The number of carboxylic acid groups (broad SMARTS) is 1. The van der Waals surface area contributed by atoms with E-state index in [0.29, 0.717) is 29.2 Å². The van der Waals surface area contributed by atoms with Crippen molar-refractivity contribution in [2.75, 3.05) is 13.1 Å². The summed E-state index contributed by atoms with van der Waals surface area (Å²) in [6.45, 7) is 1.79. The Morgan fingerprint density at radius 2 is 2.15 bits per heavy atom. The fraction of sp³-hybridized carbons (Fsp3) is 0.389. The third-order valence-corrected chi connectivity index (χ3v) is 5.85. The van der Waals surface area contributed by atoms with Gasteiger partial charge in [0, 0.05) is 25.7 Å². The molecule has 9 heteroatoms. The van der Waals surface area contributed by atoms with Crippen molar-refractivity contribution in [3.63, 3.8) is 0 Å². The van der Waals surface area contributed by atoms with E-state index in [1.54, 1.807) is 4.90 Å². The number of thiazole rings is 1. The van der Waals surface area contributed by atoms with Crippen LogP contribution in [0.4, 0.5) is 4.79 Å². The van der Waals surface area contributed by atoms with Gasteiger partial charge >= 0.3 is 12.1 Å². The minimum atomic E-state index is -0.982. The lowest BCUT2D eigenvalue weighted by Gasteiger charge is -2.32. The maximum absolute atomic E-state index is 12.3. The van der Waals surface area contributed by atoms with Crippen LogP contribution < -0.4 is 5.32 Å². The first kappa shape index (κ1) is 19.8. The molecule has 7 nitrogen and oxygen atoms in total. The Morgan fingerprint density at radius 1 is 1.37 bits per heavy atom. The van der Waals surface area contributed by atoms with Crippen LogP contribution in [0.25, 0.3) is 0 Å². The topological polar surface area (TPSA) is 91.8 Å². The Bertz CT molecular complexity index is 799. The van der Waals surface area contributed by atoms with Crippen LogP contribution in [0, 0.1) is 0 Å². The van der Waals surface area contributed by atoms with Crippen molar-refractivity contribution in [3.8, 4) is 0 Å². The smallest absolute Gasteiger partial charge is 0.410 e. The molecule has 1 aliphatic rings. The lowest BCUT2D eigenvalue weighted by atomic mass is 10.1. The molecule has 2 aromatic rings. The molecular formula is C18H20BrN3O4S. The molecule has 0 saturated carbocycles. The second-order valence-electron chi connectivity index (χ2n) is 6.25. The first-order chi connectivity index (χ1) is 13.0. The van der Waals surface area contributed by atoms with Gasteiger partial charge in [-0.2, -0.15) is 0 Å². The summed E-state index contributed by atoms with van der Waals surface area (Å²) in [5, 5.41) is 12.6. The van der Waals surface area contributed by atoms with E-state index in [0.717, 1.165) is 29.7 Å². The van der Waals surface area contributed by atoms with Crippen molar-refractivity contribution >= 4 is 39.3 Å².